The van der Waals surface area contributed by atoms with Gasteiger partial charge >= 0.3 is 0 Å². The molecule has 2 amide bonds. The summed E-state index contributed by atoms with van der Waals surface area (Å²) in [6, 6.07) is 9.33. The molecular weight excluding hydrogens is 354 g/mol. The zero-order chi connectivity index (χ0) is 19.6. The van der Waals surface area contributed by atoms with Crippen molar-refractivity contribution in [2.24, 2.45) is 0 Å². The minimum atomic E-state index is -0.581. The van der Waals surface area contributed by atoms with Crippen LogP contribution in [0.2, 0.25) is 0 Å². The van der Waals surface area contributed by atoms with Gasteiger partial charge in [-0.25, -0.2) is 0 Å². The second kappa shape index (κ2) is 8.21. The topological polar surface area (TPSA) is 54.3 Å². The molecule has 0 unspecified atom stereocenters. The fourth-order valence-corrected chi connectivity index (χ4v) is 4.91. The predicted octanol–water partition coefficient (Wildman–Crippen LogP) is 0.474. The Morgan fingerprint density at radius 3 is 2.46 bits per heavy atom. The number of nitrogens with zero attached hydrogens (tertiary/aromatic N) is 2. The average Bonchev–Trinajstić information content (AvgIpc) is 3.08. The number of quaternary nitrogens is 1. The summed E-state index contributed by atoms with van der Waals surface area (Å²) in [5, 5.41) is 0. The van der Waals surface area contributed by atoms with Crippen molar-refractivity contribution in [1.82, 2.24) is 9.80 Å². The highest BCUT2D eigenvalue weighted by molar-refractivity contribution is 5.89. The highest BCUT2D eigenvalue weighted by Gasteiger charge is 2.53. The van der Waals surface area contributed by atoms with Gasteiger partial charge in [-0.2, -0.15) is 0 Å². The highest BCUT2D eigenvalue weighted by atomic mass is 16.5. The van der Waals surface area contributed by atoms with Crippen LogP contribution in [-0.2, 0) is 20.7 Å². The molecule has 1 aromatic carbocycles. The lowest BCUT2D eigenvalue weighted by atomic mass is 9.89. The number of nitrogens with one attached hydrogen (secondary N) is 1. The van der Waals surface area contributed by atoms with Crippen molar-refractivity contribution in [2.75, 3.05) is 39.8 Å². The lowest BCUT2D eigenvalue weighted by Gasteiger charge is -2.42. The van der Waals surface area contributed by atoms with E-state index in [2.05, 4.69) is 7.05 Å². The highest BCUT2D eigenvalue weighted by Crippen LogP contribution is 2.41. The molecule has 1 spiro atoms. The van der Waals surface area contributed by atoms with Gasteiger partial charge in [0.2, 0.25) is 11.8 Å². The molecule has 0 bridgehead atoms. The van der Waals surface area contributed by atoms with Crippen LogP contribution >= 0.6 is 0 Å². The third kappa shape index (κ3) is 3.80. The minimum absolute atomic E-state index is 0.0173. The second-order valence-corrected chi connectivity index (χ2v) is 8.54. The third-order valence-corrected chi connectivity index (χ3v) is 6.58. The lowest BCUT2D eigenvalue weighted by Crippen LogP contribution is -3.12. The fourth-order valence-electron chi connectivity index (χ4n) is 4.91. The Bertz CT molecular complexity index is 694. The first-order valence-electron chi connectivity index (χ1n) is 10.7. The Labute approximate surface area is 167 Å². The molecule has 152 valence electrons. The van der Waals surface area contributed by atoms with Crippen LogP contribution < -0.4 is 4.90 Å². The summed E-state index contributed by atoms with van der Waals surface area (Å²) < 4.78 is 6.25. The lowest BCUT2D eigenvalue weighted by molar-refractivity contribution is -0.883. The van der Waals surface area contributed by atoms with E-state index < -0.39 is 11.8 Å². The summed E-state index contributed by atoms with van der Waals surface area (Å²) in [7, 11) is 2.16. The van der Waals surface area contributed by atoms with Crippen molar-refractivity contribution in [1.29, 1.82) is 0 Å². The Morgan fingerprint density at radius 2 is 1.79 bits per heavy atom. The van der Waals surface area contributed by atoms with E-state index in [1.807, 2.05) is 40.1 Å². The molecule has 6 nitrogen and oxygen atoms in total. The van der Waals surface area contributed by atoms with Crippen LogP contribution in [0.15, 0.2) is 30.3 Å². The normalized spacial score (nSPS) is 25.2. The molecule has 3 aliphatic rings. The number of amides is 2. The van der Waals surface area contributed by atoms with Crippen molar-refractivity contribution in [2.45, 2.75) is 50.3 Å². The molecule has 28 heavy (non-hydrogen) atoms. The van der Waals surface area contributed by atoms with Gasteiger partial charge in [0.1, 0.15) is 11.8 Å². The van der Waals surface area contributed by atoms with Gasteiger partial charge in [0, 0.05) is 0 Å². The van der Waals surface area contributed by atoms with Crippen LogP contribution in [-0.4, -0.2) is 73.2 Å². The van der Waals surface area contributed by atoms with Crippen molar-refractivity contribution < 1.29 is 19.2 Å². The maximum absolute atomic E-state index is 13.4. The molecule has 2 aliphatic heterocycles. The molecule has 1 atom stereocenters. The molecule has 2 heterocycles. The van der Waals surface area contributed by atoms with Crippen LogP contribution in [0.4, 0.5) is 0 Å². The molecule has 1 aromatic rings. The smallest absolute Gasteiger partial charge is 0.248 e. The van der Waals surface area contributed by atoms with Crippen LogP contribution in [0.25, 0.3) is 0 Å². The first-order chi connectivity index (χ1) is 13.6. The van der Waals surface area contributed by atoms with Crippen molar-refractivity contribution in [3.8, 4) is 0 Å². The molecule has 1 aliphatic carbocycles. The number of carbonyl (C=O) groups excluding carboxylic acids is 2. The number of carbonyl (C=O) groups is 2. The first kappa shape index (κ1) is 19.4. The molecule has 1 saturated carbocycles. The van der Waals surface area contributed by atoms with Crippen molar-refractivity contribution in [3.05, 3.63) is 35.9 Å². The van der Waals surface area contributed by atoms with Gasteiger partial charge in [0.25, 0.3) is 0 Å². The van der Waals surface area contributed by atoms with Crippen molar-refractivity contribution in [3.63, 3.8) is 0 Å². The average molecular weight is 387 g/mol. The molecule has 3 fully saturated rings. The van der Waals surface area contributed by atoms with E-state index in [9.17, 15) is 9.59 Å². The SMILES string of the molecule is C[NH+]1CCN(C(=O)[C@@H]2COC3(CCCCC3)N2C(=O)Cc2ccccc2)CC1. The Balaban J connectivity index is 1.56. The molecule has 6 heteroatoms. The number of hydrogen-bond acceptors (Lipinski definition) is 3. The number of hydrogen-bond donors (Lipinski definition) is 1. The van der Waals surface area contributed by atoms with Crippen LogP contribution in [0.5, 0.6) is 0 Å². The van der Waals surface area contributed by atoms with Gasteiger partial charge in [0.05, 0.1) is 46.3 Å². The third-order valence-electron chi connectivity index (χ3n) is 6.58. The first-order valence-corrected chi connectivity index (χ1v) is 10.7. The Kier molecular flexibility index (Phi) is 5.69. The van der Waals surface area contributed by atoms with Gasteiger partial charge < -0.3 is 14.5 Å². The van der Waals surface area contributed by atoms with Crippen LogP contribution in [0.3, 0.4) is 0 Å². The molecule has 0 radical (unpaired) electrons. The van der Waals surface area contributed by atoms with Gasteiger partial charge in [-0.1, -0.05) is 36.8 Å². The summed E-state index contributed by atoms with van der Waals surface area (Å²) in [6.07, 6.45) is 5.27. The summed E-state index contributed by atoms with van der Waals surface area (Å²) in [5.74, 6) is 0.0834. The standard InChI is InChI=1S/C22H31N3O3/c1-23-12-14-24(15-13-23)21(27)19-17-28-22(10-6-3-7-11-22)25(19)20(26)16-18-8-4-2-5-9-18/h2,4-5,8-9,19H,3,6-7,10-17H2,1H3/p+1/t19-/m0/s1. The molecule has 2 saturated heterocycles. The Morgan fingerprint density at radius 1 is 1.11 bits per heavy atom. The number of piperazine rings is 1. The van der Waals surface area contributed by atoms with E-state index in [-0.39, 0.29) is 11.8 Å². The zero-order valence-corrected chi connectivity index (χ0v) is 16.9. The monoisotopic (exact) mass is 386 g/mol. The largest absolute Gasteiger partial charge is 0.353 e. The van der Waals surface area contributed by atoms with Crippen LogP contribution in [0, 0.1) is 0 Å². The maximum atomic E-state index is 13.4. The van der Waals surface area contributed by atoms with E-state index in [4.69, 9.17) is 4.74 Å². The second-order valence-electron chi connectivity index (χ2n) is 8.54. The summed E-state index contributed by atoms with van der Waals surface area (Å²) >= 11 is 0. The number of rotatable bonds is 3. The maximum Gasteiger partial charge on any atom is 0.248 e. The minimum Gasteiger partial charge on any atom is -0.353 e. The van der Waals surface area contributed by atoms with Gasteiger partial charge in [-0.05, 0) is 31.2 Å². The summed E-state index contributed by atoms with van der Waals surface area (Å²) in [4.78, 5) is 32.0. The summed E-state index contributed by atoms with van der Waals surface area (Å²) in [6.45, 7) is 3.77. The van der Waals surface area contributed by atoms with E-state index in [1.54, 1.807) is 0 Å². The number of ether oxygens (including phenoxy) is 1. The van der Waals surface area contributed by atoms with Crippen molar-refractivity contribution >= 4 is 11.8 Å². The number of likely N-dealkylation sites (N-methyl/N-ethyl adjacent to an activating group) is 1. The molecule has 4 rings (SSSR count). The molecule has 0 aromatic heterocycles. The van der Waals surface area contributed by atoms with Gasteiger partial charge in [-0.15, -0.1) is 0 Å². The fraction of sp³-hybridized carbons (Fsp3) is 0.636. The van der Waals surface area contributed by atoms with E-state index >= 15 is 0 Å². The van der Waals surface area contributed by atoms with E-state index in [1.165, 1.54) is 11.3 Å². The summed E-state index contributed by atoms with van der Waals surface area (Å²) in [5.41, 5.74) is 0.405. The van der Waals surface area contributed by atoms with Gasteiger partial charge in [0.15, 0.2) is 0 Å². The molecular formula is C22H32N3O3+. The zero-order valence-electron chi connectivity index (χ0n) is 16.9. The van der Waals surface area contributed by atoms with E-state index in [0.29, 0.717) is 13.0 Å². The molecule has 1 N–H and O–H groups in total. The van der Waals surface area contributed by atoms with Crippen LogP contribution in [0.1, 0.15) is 37.7 Å². The van der Waals surface area contributed by atoms with Gasteiger partial charge in [-0.3, -0.25) is 14.5 Å². The number of benzene rings is 1. The van der Waals surface area contributed by atoms with E-state index in [0.717, 1.165) is 57.4 Å². The predicted molar refractivity (Wildman–Crippen MR) is 106 cm³/mol. The Hall–Kier alpha value is -1.92. The quantitative estimate of drug-likeness (QED) is 0.822.